The summed E-state index contributed by atoms with van der Waals surface area (Å²) in [7, 11) is 0. The molecule has 0 unspecified atom stereocenters. The molecule has 0 aliphatic heterocycles. The quantitative estimate of drug-likeness (QED) is 0.187. The zero-order valence-corrected chi connectivity index (χ0v) is 28.3. The molecule has 4 heteroatoms. The molecule has 0 atom stereocenters. The van der Waals surface area contributed by atoms with Crippen LogP contribution in [0.25, 0.3) is 70.4 Å². The highest BCUT2D eigenvalue weighted by molar-refractivity contribution is 7.23. The largest absolute Gasteiger partial charge is 0.276 e. The highest BCUT2D eigenvalue weighted by Gasteiger charge is 2.48. The molecule has 0 saturated carbocycles. The van der Waals surface area contributed by atoms with Crippen molar-refractivity contribution in [3.8, 4) is 27.6 Å². The summed E-state index contributed by atoms with van der Waals surface area (Å²) < 4.78 is 3.56. The van der Waals surface area contributed by atoms with Gasteiger partial charge in [-0.25, -0.2) is 9.97 Å². The van der Waals surface area contributed by atoms with E-state index in [2.05, 4.69) is 180 Å². The minimum Gasteiger partial charge on any atom is -0.276 e. The van der Waals surface area contributed by atoms with E-state index in [0.29, 0.717) is 5.95 Å². The first-order chi connectivity index (χ1) is 25.3. The van der Waals surface area contributed by atoms with Crippen LogP contribution in [-0.2, 0) is 5.41 Å². The lowest BCUT2D eigenvalue weighted by Crippen LogP contribution is -2.28. The Morgan fingerprint density at radius 2 is 1.10 bits per heavy atom. The van der Waals surface area contributed by atoms with Gasteiger partial charge in [0, 0.05) is 32.0 Å². The van der Waals surface area contributed by atoms with Gasteiger partial charge in [-0.1, -0.05) is 164 Å². The molecule has 0 saturated heterocycles. The maximum Gasteiger partial charge on any atom is 0.235 e. The molecule has 1 aliphatic rings. The third-order valence-corrected chi connectivity index (χ3v) is 11.9. The van der Waals surface area contributed by atoms with Crippen molar-refractivity contribution < 1.29 is 0 Å². The molecule has 0 fully saturated rings. The van der Waals surface area contributed by atoms with Crippen LogP contribution in [0, 0.1) is 0 Å². The van der Waals surface area contributed by atoms with Crippen molar-refractivity contribution in [2.45, 2.75) is 5.41 Å². The van der Waals surface area contributed by atoms with Crippen LogP contribution in [0.4, 0.5) is 0 Å². The van der Waals surface area contributed by atoms with Gasteiger partial charge in [-0.2, -0.15) is 0 Å². The molecule has 3 heterocycles. The molecule has 10 aromatic rings. The summed E-state index contributed by atoms with van der Waals surface area (Å²) in [6.07, 6.45) is 0. The van der Waals surface area contributed by atoms with Gasteiger partial charge in [0.05, 0.1) is 32.4 Å². The number of hydrogen-bond donors (Lipinski definition) is 0. The smallest absolute Gasteiger partial charge is 0.235 e. The Morgan fingerprint density at radius 3 is 1.86 bits per heavy atom. The molecule has 0 N–H and O–H groups in total. The minimum atomic E-state index is -0.475. The highest BCUT2D eigenvalue weighted by atomic mass is 32.1. The van der Waals surface area contributed by atoms with E-state index in [0.717, 1.165) is 33.2 Å². The lowest BCUT2D eigenvalue weighted by Gasteiger charge is -2.33. The summed E-state index contributed by atoms with van der Waals surface area (Å²) in [5, 5.41) is 4.70. The molecule has 238 valence electrons. The van der Waals surface area contributed by atoms with E-state index in [-0.39, 0.29) is 0 Å². The summed E-state index contributed by atoms with van der Waals surface area (Å²) in [6.45, 7) is 0. The summed E-state index contributed by atoms with van der Waals surface area (Å²) in [5.41, 5.74) is 11.2. The first kappa shape index (κ1) is 28.5. The van der Waals surface area contributed by atoms with Crippen LogP contribution in [0.1, 0.15) is 22.3 Å². The van der Waals surface area contributed by atoms with E-state index in [9.17, 15) is 0 Å². The van der Waals surface area contributed by atoms with Gasteiger partial charge in [-0.3, -0.25) is 4.57 Å². The topological polar surface area (TPSA) is 30.7 Å². The Balaban J connectivity index is 1.30. The van der Waals surface area contributed by atoms with Crippen LogP contribution in [0.3, 0.4) is 0 Å². The molecule has 0 bridgehead atoms. The number of nitrogens with zero attached hydrogens (tertiary/aromatic N) is 3. The number of aromatic nitrogens is 3. The van der Waals surface area contributed by atoms with Gasteiger partial charge in [0.15, 0.2) is 0 Å². The van der Waals surface area contributed by atoms with Gasteiger partial charge in [-0.15, -0.1) is 11.3 Å². The standard InChI is InChI=1S/C47H29N3S/c1-4-16-30(17-5-1)42-36-24-11-14-26-39(36)48-46(49-42)50-40-27-15-12-22-33(40)34-28-29-37-41-44(51-45(37)43(34)50)35-23-10-13-25-38(35)47(41,31-18-6-2-7-19-31)32-20-8-3-9-21-32/h1-29H. The first-order valence-electron chi connectivity index (χ1n) is 17.3. The Morgan fingerprint density at radius 1 is 0.490 bits per heavy atom. The van der Waals surface area contributed by atoms with E-state index in [4.69, 9.17) is 9.97 Å². The van der Waals surface area contributed by atoms with Crippen LogP contribution in [0.5, 0.6) is 0 Å². The van der Waals surface area contributed by atoms with Crippen molar-refractivity contribution in [3.05, 3.63) is 198 Å². The van der Waals surface area contributed by atoms with Gasteiger partial charge in [0.2, 0.25) is 5.95 Å². The minimum absolute atomic E-state index is 0.475. The fraction of sp³-hybridized carbons (Fsp3) is 0.0213. The van der Waals surface area contributed by atoms with Gasteiger partial charge in [0.25, 0.3) is 0 Å². The van der Waals surface area contributed by atoms with Crippen molar-refractivity contribution in [1.82, 2.24) is 14.5 Å². The number of hydrogen-bond acceptors (Lipinski definition) is 3. The number of thiophene rings is 1. The molecule has 0 radical (unpaired) electrons. The Labute approximate surface area is 298 Å². The Hall–Kier alpha value is -6.36. The summed E-state index contributed by atoms with van der Waals surface area (Å²) >= 11 is 1.90. The SMILES string of the molecule is c1ccc(-c2nc(-n3c4ccccc4c4ccc5c6c(sc5c43)-c3ccccc3C6(c3ccccc3)c3ccccc3)nc3ccccc23)cc1. The van der Waals surface area contributed by atoms with E-state index in [1.807, 2.05) is 11.3 Å². The molecule has 51 heavy (non-hydrogen) atoms. The monoisotopic (exact) mass is 667 g/mol. The van der Waals surface area contributed by atoms with E-state index in [1.54, 1.807) is 0 Å². The zero-order valence-electron chi connectivity index (χ0n) is 27.5. The fourth-order valence-corrected chi connectivity index (χ4v) is 10.1. The second-order valence-electron chi connectivity index (χ2n) is 13.3. The van der Waals surface area contributed by atoms with Crippen molar-refractivity contribution in [2.75, 3.05) is 0 Å². The summed E-state index contributed by atoms with van der Waals surface area (Å²) in [6, 6.07) is 63.3. The van der Waals surface area contributed by atoms with E-state index < -0.39 is 5.41 Å². The number of rotatable bonds is 4. The third kappa shape index (κ3) is 3.88. The summed E-state index contributed by atoms with van der Waals surface area (Å²) in [5.74, 6) is 0.678. The van der Waals surface area contributed by atoms with Crippen LogP contribution < -0.4 is 0 Å². The first-order valence-corrected chi connectivity index (χ1v) is 18.2. The van der Waals surface area contributed by atoms with Gasteiger partial charge >= 0.3 is 0 Å². The second kappa shape index (κ2) is 10.8. The second-order valence-corrected chi connectivity index (χ2v) is 14.3. The highest BCUT2D eigenvalue weighted by Crippen LogP contribution is 2.61. The van der Waals surface area contributed by atoms with Crippen LogP contribution in [0.15, 0.2) is 176 Å². The molecule has 0 spiro atoms. The van der Waals surface area contributed by atoms with Crippen molar-refractivity contribution in [2.24, 2.45) is 0 Å². The average molecular weight is 668 g/mol. The van der Waals surface area contributed by atoms with Crippen LogP contribution in [0.2, 0.25) is 0 Å². The van der Waals surface area contributed by atoms with Crippen molar-refractivity contribution in [3.63, 3.8) is 0 Å². The van der Waals surface area contributed by atoms with Crippen LogP contribution >= 0.6 is 11.3 Å². The third-order valence-electron chi connectivity index (χ3n) is 10.7. The average Bonchev–Trinajstić information content (AvgIpc) is 3.85. The predicted molar refractivity (Wildman–Crippen MR) is 212 cm³/mol. The molecule has 1 aliphatic carbocycles. The maximum absolute atomic E-state index is 5.40. The molecular formula is C47H29N3S. The van der Waals surface area contributed by atoms with Gasteiger partial charge < -0.3 is 0 Å². The molecule has 11 rings (SSSR count). The van der Waals surface area contributed by atoms with Gasteiger partial charge in [0.1, 0.15) is 0 Å². The normalized spacial score (nSPS) is 13.3. The fourth-order valence-electron chi connectivity index (χ4n) is 8.64. The number of fused-ring (bicyclic) bond motifs is 10. The predicted octanol–water partition coefficient (Wildman–Crippen LogP) is 12.0. The number of benzene rings is 7. The van der Waals surface area contributed by atoms with E-state index >= 15 is 0 Å². The molecule has 3 nitrogen and oxygen atoms in total. The van der Waals surface area contributed by atoms with Crippen LogP contribution in [-0.4, -0.2) is 14.5 Å². The van der Waals surface area contributed by atoms with Crippen molar-refractivity contribution >= 4 is 54.1 Å². The Kier molecular flexibility index (Phi) is 6.04. The number of para-hydroxylation sites is 2. The zero-order chi connectivity index (χ0) is 33.5. The lowest BCUT2D eigenvalue weighted by atomic mass is 9.67. The van der Waals surface area contributed by atoms with Gasteiger partial charge in [-0.05, 0) is 39.9 Å². The molecule has 7 aromatic carbocycles. The van der Waals surface area contributed by atoms with E-state index in [1.165, 1.54) is 53.6 Å². The van der Waals surface area contributed by atoms with Crippen molar-refractivity contribution in [1.29, 1.82) is 0 Å². The molecular weight excluding hydrogens is 639 g/mol. The maximum atomic E-state index is 5.40. The lowest BCUT2D eigenvalue weighted by molar-refractivity contribution is 0.776. The molecule has 0 amide bonds. The molecule has 3 aromatic heterocycles. The summed E-state index contributed by atoms with van der Waals surface area (Å²) in [4.78, 5) is 12.0. The Bertz CT molecular complexity index is 2920.